The van der Waals surface area contributed by atoms with Crippen molar-refractivity contribution in [3.63, 3.8) is 0 Å². The van der Waals surface area contributed by atoms with E-state index < -0.39 is 0 Å². The van der Waals surface area contributed by atoms with Gasteiger partial charge in [-0.25, -0.2) is 9.97 Å². The van der Waals surface area contributed by atoms with E-state index in [1.807, 2.05) is 6.07 Å². The summed E-state index contributed by atoms with van der Waals surface area (Å²) in [5, 5.41) is 0. The van der Waals surface area contributed by atoms with Crippen LogP contribution in [0.2, 0.25) is 0 Å². The van der Waals surface area contributed by atoms with Gasteiger partial charge in [0.25, 0.3) is 0 Å². The molecule has 1 aliphatic carbocycles. The molecule has 1 aromatic carbocycles. The maximum atomic E-state index is 4.17. The Bertz CT molecular complexity index is 556. The van der Waals surface area contributed by atoms with Crippen LogP contribution < -0.4 is 0 Å². The molecule has 1 radical (unpaired) electrons. The number of benzene rings is 1. The van der Waals surface area contributed by atoms with Crippen molar-refractivity contribution >= 4 is 0 Å². The third-order valence-electron chi connectivity index (χ3n) is 5.09. The maximum Gasteiger partial charge on any atom is 0.198 e. The van der Waals surface area contributed by atoms with Crippen LogP contribution in [0.1, 0.15) is 63.4 Å². The third kappa shape index (κ3) is 5.16. The van der Waals surface area contributed by atoms with Gasteiger partial charge >= 0.3 is 0 Å². The third-order valence-corrected chi connectivity index (χ3v) is 5.09. The molecule has 0 amide bonds. The second-order valence-corrected chi connectivity index (χ2v) is 6.84. The number of unbranched alkanes of at least 4 members (excludes halogenated alkanes) is 3. The molecule has 1 aromatic heterocycles. The van der Waals surface area contributed by atoms with Crippen molar-refractivity contribution in [1.29, 1.82) is 0 Å². The molecule has 1 heterocycles. The van der Waals surface area contributed by atoms with E-state index in [1.54, 1.807) is 6.20 Å². The largest absolute Gasteiger partial charge is 0.234 e. The normalized spacial score (nSPS) is 15.1. The Morgan fingerprint density at radius 3 is 2.43 bits per heavy atom. The number of aryl methyl sites for hydroxylation is 1. The van der Waals surface area contributed by atoms with Crippen molar-refractivity contribution in [2.45, 2.75) is 64.2 Å². The zero-order chi connectivity index (χ0) is 15.7. The Morgan fingerprint density at radius 1 is 0.913 bits per heavy atom. The first-order valence-corrected chi connectivity index (χ1v) is 9.20. The second kappa shape index (κ2) is 8.81. The fourth-order valence-corrected chi connectivity index (χ4v) is 3.68. The van der Waals surface area contributed by atoms with E-state index in [-0.39, 0.29) is 0 Å². The molecule has 0 unspecified atom stereocenters. The Hall–Kier alpha value is -1.70. The van der Waals surface area contributed by atoms with Gasteiger partial charge in [0, 0.05) is 11.8 Å². The first-order valence-electron chi connectivity index (χ1n) is 9.20. The van der Waals surface area contributed by atoms with Crippen molar-refractivity contribution in [1.82, 2.24) is 9.97 Å². The number of aromatic nitrogens is 2. The van der Waals surface area contributed by atoms with Gasteiger partial charge in [0.2, 0.25) is 0 Å². The SMILES string of the molecule is [c]1nccc(-c2ccc(CCCCCCC3CCCC3)cc2)n1. The van der Waals surface area contributed by atoms with Gasteiger partial charge in [0.1, 0.15) is 0 Å². The zero-order valence-electron chi connectivity index (χ0n) is 14.0. The van der Waals surface area contributed by atoms with Gasteiger partial charge in [-0.1, -0.05) is 75.6 Å². The summed E-state index contributed by atoms with van der Waals surface area (Å²) < 4.78 is 0. The van der Waals surface area contributed by atoms with Crippen LogP contribution >= 0.6 is 0 Å². The van der Waals surface area contributed by atoms with Crippen molar-refractivity contribution in [2.24, 2.45) is 5.92 Å². The second-order valence-electron chi connectivity index (χ2n) is 6.84. The molecule has 3 rings (SSSR count). The molecular weight excluding hydrogens is 280 g/mol. The summed E-state index contributed by atoms with van der Waals surface area (Å²) in [7, 11) is 0. The molecule has 1 fully saturated rings. The lowest BCUT2D eigenvalue weighted by Gasteiger charge is -2.08. The zero-order valence-corrected chi connectivity index (χ0v) is 14.0. The Labute approximate surface area is 140 Å². The molecule has 0 N–H and O–H groups in total. The summed E-state index contributed by atoms with van der Waals surface area (Å²) in [4.78, 5) is 8.01. The highest BCUT2D eigenvalue weighted by Crippen LogP contribution is 2.29. The molecule has 23 heavy (non-hydrogen) atoms. The van der Waals surface area contributed by atoms with Crippen LogP contribution in [0.25, 0.3) is 11.3 Å². The predicted octanol–water partition coefficient (Wildman–Crippen LogP) is 5.63. The predicted molar refractivity (Wildman–Crippen MR) is 95.1 cm³/mol. The van der Waals surface area contributed by atoms with Crippen molar-refractivity contribution in [2.75, 3.05) is 0 Å². The topological polar surface area (TPSA) is 25.8 Å². The fourth-order valence-electron chi connectivity index (χ4n) is 3.68. The summed E-state index contributed by atoms with van der Waals surface area (Å²) in [6.07, 6.45) is 18.5. The van der Waals surface area contributed by atoms with Crippen molar-refractivity contribution in [3.8, 4) is 11.3 Å². The molecule has 121 valence electrons. The van der Waals surface area contributed by atoms with Crippen LogP contribution in [0.15, 0.2) is 36.5 Å². The number of hydrogen-bond acceptors (Lipinski definition) is 2. The van der Waals surface area contributed by atoms with E-state index >= 15 is 0 Å². The summed E-state index contributed by atoms with van der Waals surface area (Å²) >= 11 is 0. The van der Waals surface area contributed by atoms with Gasteiger partial charge < -0.3 is 0 Å². The van der Waals surface area contributed by atoms with Crippen molar-refractivity contribution in [3.05, 3.63) is 48.4 Å². The van der Waals surface area contributed by atoms with Crippen LogP contribution in [-0.4, -0.2) is 9.97 Å². The monoisotopic (exact) mass is 307 g/mol. The van der Waals surface area contributed by atoms with E-state index in [0.717, 1.165) is 17.2 Å². The average Bonchev–Trinajstić information content (AvgIpc) is 3.13. The molecule has 0 bridgehead atoms. The van der Waals surface area contributed by atoms with E-state index in [0.29, 0.717) is 0 Å². The van der Waals surface area contributed by atoms with Gasteiger partial charge in [-0.3, -0.25) is 0 Å². The maximum absolute atomic E-state index is 4.17. The first-order chi connectivity index (χ1) is 11.4. The Balaban J connectivity index is 1.34. The quantitative estimate of drug-likeness (QED) is 0.591. The van der Waals surface area contributed by atoms with Gasteiger partial charge in [0.05, 0.1) is 5.69 Å². The minimum absolute atomic E-state index is 0.943. The summed E-state index contributed by atoms with van der Waals surface area (Å²) in [5.74, 6) is 1.06. The number of hydrogen-bond donors (Lipinski definition) is 0. The summed E-state index contributed by atoms with van der Waals surface area (Å²) in [5.41, 5.74) is 3.52. The molecule has 0 aliphatic heterocycles. The van der Waals surface area contributed by atoms with Gasteiger partial charge in [-0.05, 0) is 30.4 Å². The van der Waals surface area contributed by atoms with Crippen LogP contribution in [0.3, 0.4) is 0 Å². The molecular formula is C21H27N2. The summed E-state index contributed by atoms with van der Waals surface area (Å²) in [6, 6.07) is 10.7. The lowest BCUT2D eigenvalue weighted by atomic mass is 9.98. The lowest BCUT2D eigenvalue weighted by Crippen LogP contribution is -1.93. The number of rotatable bonds is 8. The lowest BCUT2D eigenvalue weighted by molar-refractivity contribution is 0.464. The molecule has 0 atom stereocenters. The Morgan fingerprint density at radius 2 is 1.70 bits per heavy atom. The molecule has 1 aliphatic rings. The minimum atomic E-state index is 0.943. The highest BCUT2D eigenvalue weighted by Gasteiger charge is 2.13. The van der Waals surface area contributed by atoms with Gasteiger partial charge in [0.15, 0.2) is 6.33 Å². The highest BCUT2D eigenvalue weighted by molar-refractivity contribution is 5.58. The molecule has 0 saturated heterocycles. The smallest absolute Gasteiger partial charge is 0.198 e. The molecule has 2 heteroatoms. The molecule has 2 nitrogen and oxygen atoms in total. The van der Waals surface area contributed by atoms with Gasteiger partial charge in [-0.15, -0.1) is 0 Å². The van der Waals surface area contributed by atoms with Crippen LogP contribution in [0.5, 0.6) is 0 Å². The number of nitrogens with zero attached hydrogens (tertiary/aromatic N) is 2. The fraction of sp³-hybridized carbons (Fsp3) is 0.524. The first kappa shape index (κ1) is 16.2. The van der Waals surface area contributed by atoms with Crippen LogP contribution in [0, 0.1) is 12.2 Å². The Kier molecular flexibility index (Phi) is 6.19. The molecule has 0 spiro atoms. The molecule has 1 saturated carbocycles. The van der Waals surface area contributed by atoms with E-state index in [1.165, 1.54) is 69.8 Å². The molecule has 2 aromatic rings. The van der Waals surface area contributed by atoms with E-state index in [4.69, 9.17) is 0 Å². The van der Waals surface area contributed by atoms with Gasteiger partial charge in [-0.2, -0.15) is 0 Å². The average molecular weight is 307 g/mol. The minimum Gasteiger partial charge on any atom is -0.234 e. The van der Waals surface area contributed by atoms with E-state index in [9.17, 15) is 0 Å². The standard InChI is InChI=1S/C21H27N2/c1(3-7-18-9-5-6-10-18)2-4-8-19-11-13-20(14-12-19)21-15-16-22-17-23-21/h11-16,18H,1-10H2. The van der Waals surface area contributed by atoms with Crippen molar-refractivity contribution < 1.29 is 0 Å². The van der Waals surface area contributed by atoms with Crippen LogP contribution in [0.4, 0.5) is 0 Å². The van der Waals surface area contributed by atoms with E-state index in [2.05, 4.69) is 40.6 Å². The summed E-state index contributed by atoms with van der Waals surface area (Å²) in [6.45, 7) is 0. The highest BCUT2D eigenvalue weighted by atomic mass is 14.8. The van der Waals surface area contributed by atoms with Crippen LogP contribution in [-0.2, 0) is 6.42 Å².